The van der Waals surface area contributed by atoms with Gasteiger partial charge in [-0.25, -0.2) is 0 Å². The Morgan fingerprint density at radius 3 is 2.72 bits per heavy atom. The smallest absolute Gasteiger partial charge is 0.328 e. The van der Waals surface area contributed by atoms with Gasteiger partial charge in [0.15, 0.2) is 0 Å². The number of rotatable bonds is 3. The Morgan fingerprint density at radius 2 is 2.06 bits per heavy atom. The third kappa shape index (κ3) is 3.08. The van der Waals surface area contributed by atoms with E-state index in [0.29, 0.717) is 11.7 Å². The molecule has 94 valence electrons. The van der Waals surface area contributed by atoms with Gasteiger partial charge < -0.3 is 10.1 Å². The van der Waals surface area contributed by atoms with E-state index in [-0.39, 0.29) is 11.3 Å². The quantitative estimate of drug-likeness (QED) is 0.935. The van der Waals surface area contributed by atoms with Gasteiger partial charge in [-0.3, -0.25) is 0 Å². The fraction of sp³-hybridized carbons (Fsp3) is 0.182. The second-order valence-corrected chi connectivity index (χ2v) is 4.73. The molecule has 0 unspecified atom stereocenters. The van der Waals surface area contributed by atoms with Crippen molar-refractivity contribution in [2.24, 2.45) is 0 Å². The first-order chi connectivity index (χ1) is 8.58. The molecular weight excluding hydrogens is 320 g/mol. The minimum atomic E-state index is 0.0825. The number of nitrogens with zero attached hydrogens (tertiary/aromatic N) is 3. The number of aryl methyl sites for hydroxylation is 1. The van der Waals surface area contributed by atoms with Crippen LogP contribution in [0.1, 0.15) is 5.56 Å². The van der Waals surface area contributed by atoms with Crippen LogP contribution in [0.25, 0.3) is 0 Å². The van der Waals surface area contributed by atoms with E-state index in [2.05, 4.69) is 36.2 Å². The molecule has 0 spiro atoms. The summed E-state index contributed by atoms with van der Waals surface area (Å²) in [6, 6.07) is 5.81. The monoisotopic (exact) mass is 328 g/mol. The van der Waals surface area contributed by atoms with Crippen molar-refractivity contribution in [3.8, 4) is 11.8 Å². The molecule has 0 aliphatic rings. The van der Waals surface area contributed by atoms with Crippen LogP contribution in [0, 0.1) is 6.92 Å². The van der Waals surface area contributed by atoms with Gasteiger partial charge in [0.05, 0.1) is 0 Å². The fourth-order valence-electron chi connectivity index (χ4n) is 1.32. The molecule has 1 aromatic carbocycles. The summed E-state index contributed by atoms with van der Waals surface area (Å²) in [6.07, 6.45) is 0. The normalized spacial score (nSPS) is 10.2. The van der Waals surface area contributed by atoms with Crippen LogP contribution in [-0.2, 0) is 0 Å². The van der Waals surface area contributed by atoms with E-state index >= 15 is 0 Å². The molecule has 0 aliphatic carbocycles. The largest absolute Gasteiger partial charge is 0.424 e. The Labute approximate surface area is 118 Å². The number of hydrogen-bond acceptors (Lipinski definition) is 5. The third-order valence-electron chi connectivity index (χ3n) is 2.15. The Bertz CT molecular complexity index is 579. The van der Waals surface area contributed by atoms with Crippen LogP contribution in [0.15, 0.2) is 22.7 Å². The van der Waals surface area contributed by atoms with E-state index < -0.39 is 0 Å². The molecule has 18 heavy (non-hydrogen) atoms. The van der Waals surface area contributed by atoms with E-state index in [1.165, 1.54) is 0 Å². The van der Waals surface area contributed by atoms with Gasteiger partial charge >= 0.3 is 6.01 Å². The molecule has 5 nitrogen and oxygen atoms in total. The molecule has 0 aliphatic heterocycles. The van der Waals surface area contributed by atoms with Crippen LogP contribution in [0.5, 0.6) is 11.8 Å². The van der Waals surface area contributed by atoms with Gasteiger partial charge in [0.2, 0.25) is 11.2 Å². The zero-order chi connectivity index (χ0) is 13.1. The van der Waals surface area contributed by atoms with Crippen molar-refractivity contribution in [1.29, 1.82) is 0 Å². The van der Waals surface area contributed by atoms with Gasteiger partial charge in [0.25, 0.3) is 0 Å². The lowest BCUT2D eigenvalue weighted by Gasteiger charge is -2.08. The molecule has 0 amide bonds. The Balaban J connectivity index is 2.30. The van der Waals surface area contributed by atoms with Gasteiger partial charge in [-0.2, -0.15) is 15.0 Å². The highest BCUT2D eigenvalue weighted by atomic mass is 79.9. The standard InChI is InChI=1S/C11H10BrClN4O/c1-6-5-7(12)3-4-8(6)18-11-16-9(13)15-10(14-2)17-11/h3-5H,1-2H3,(H,14,15,16,17). The van der Waals surface area contributed by atoms with Crippen LogP contribution >= 0.6 is 27.5 Å². The highest BCUT2D eigenvalue weighted by molar-refractivity contribution is 9.10. The summed E-state index contributed by atoms with van der Waals surface area (Å²) in [7, 11) is 1.69. The molecule has 0 saturated carbocycles. The first-order valence-corrected chi connectivity index (χ1v) is 6.29. The maximum Gasteiger partial charge on any atom is 0.328 e. The molecule has 1 aromatic heterocycles. The van der Waals surface area contributed by atoms with Gasteiger partial charge in [-0.05, 0) is 42.3 Å². The first kappa shape index (κ1) is 13.0. The van der Waals surface area contributed by atoms with E-state index in [0.717, 1.165) is 10.0 Å². The summed E-state index contributed by atoms with van der Waals surface area (Å²) in [6.45, 7) is 1.93. The molecule has 2 aromatic rings. The SMILES string of the molecule is CNc1nc(Cl)nc(Oc2ccc(Br)cc2C)n1. The van der Waals surface area contributed by atoms with Crippen LogP contribution in [0.3, 0.4) is 0 Å². The number of hydrogen-bond donors (Lipinski definition) is 1. The summed E-state index contributed by atoms with van der Waals surface area (Å²) >= 11 is 9.16. The summed E-state index contributed by atoms with van der Waals surface area (Å²) in [5, 5.41) is 2.87. The van der Waals surface area contributed by atoms with E-state index in [1.807, 2.05) is 25.1 Å². The van der Waals surface area contributed by atoms with Crippen LogP contribution in [0.4, 0.5) is 5.95 Å². The molecule has 2 rings (SSSR count). The fourth-order valence-corrected chi connectivity index (χ4v) is 1.94. The molecule has 0 saturated heterocycles. The van der Waals surface area contributed by atoms with Crippen LogP contribution in [0.2, 0.25) is 5.28 Å². The molecule has 7 heteroatoms. The number of aromatic nitrogens is 3. The zero-order valence-corrected chi connectivity index (χ0v) is 12.1. The molecule has 1 N–H and O–H groups in total. The van der Waals surface area contributed by atoms with E-state index in [4.69, 9.17) is 16.3 Å². The average Bonchev–Trinajstić information content (AvgIpc) is 2.32. The number of ether oxygens (including phenoxy) is 1. The highest BCUT2D eigenvalue weighted by Crippen LogP contribution is 2.26. The predicted molar refractivity (Wildman–Crippen MR) is 73.3 cm³/mol. The molecular formula is C11H10BrClN4O. The van der Waals surface area contributed by atoms with Crippen molar-refractivity contribution in [3.05, 3.63) is 33.5 Å². The second-order valence-electron chi connectivity index (χ2n) is 3.47. The number of halogens is 2. The number of anilines is 1. The van der Waals surface area contributed by atoms with Crippen LogP contribution < -0.4 is 10.1 Å². The average molecular weight is 330 g/mol. The Hall–Kier alpha value is -1.40. The third-order valence-corrected chi connectivity index (χ3v) is 2.81. The minimum Gasteiger partial charge on any atom is -0.424 e. The van der Waals surface area contributed by atoms with Gasteiger partial charge in [0, 0.05) is 11.5 Å². The van der Waals surface area contributed by atoms with Crippen molar-refractivity contribution < 1.29 is 4.74 Å². The molecule has 0 fully saturated rings. The summed E-state index contributed by atoms with van der Waals surface area (Å²) in [5.74, 6) is 1.03. The lowest BCUT2D eigenvalue weighted by molar-refractivity contribution is 0.437. The molecule has 0 radical (unpaired) electrons. The topological polar surface area (TPSA) is 59.9 Å². The van der Waals surface area contributed by atoms with Crippen molar-refractivity contribution in [2.45, 2.75) is 6.92 Å². The molecule has 1 heterocycles. The maximum atomic E-state index is 5.77. The van der Waals surface area contributed by atoms with Crippen LogP contribution in [-0.4, -0.2) is 22.0 Å². The molecule has 0 bridgehead atoms. The van der Waals surface area contributed by atoms with Gasteiger partial charge in [0.1, 0.15) is 5.75 Å². The van der Waals surface area contributed by atoms with E-state index in [1.54, 1.807) is 7.05 Å². The lowest BCUT2D eigenvalue weighted by atomic mass is 10.2. The Kier molecular flexibility index (Phi) is 3.98. The zero-order valence-electron chi connectivity index (χ0n) is 9.74. The second kappa shape index (κ2) is 5.49. The lowest BCUT2D eigenvalue weighted by Crippen LogP contribution is -2.01. The van der Waals surface area contributed by atoms with E-state index in [9.17, 15) is 0 Å². The summed E-state index contributed by atoms with van der Waals surface area (Å²) in [4.78, 5) is 11.8. The van der Waals surface area contributed by atoms with Gasteiger partial charge in [-0.1, -0.05) is 15.9 Å². The number of nitrogens with one attached hydrogen (secondary N) is 1. The first-order valence-electron chi connectivity index (χ1n) is 5.12. The summed E-state index contributed by atoms with van der Waals surface area (Å²) in [5.41, 5.74) is 0.965. The van der Waals surface area contributed by atoms with Crippen molar-refractivity contribution in [2.75, 3.05) is 12.4 Å². The maximum absolute atomic E-state index is 5.77. The predicted octanol–water partition coefficient (Wildman–Crippen LogP) is 3.43. The minimum absolute atomic E-state index is 0.0825. The molecule has 0 atom stereocenters. The van der Waals surface area contributed by atoms with Crippen molar-refractivity contribution >= 4 is 33.5 Å². The van der Waals surface area contributed by atoms with Gasteiger partial charge in [-0.15, -0.1) is 0 Å². The highest BCUT2D eigenvalue weighted by Gasteiger charge is 2.08. The Morgan fingerprint density at radius 1 is 1.28 bits per heavy atom. The van der Waals surface area contributed by atoms with Crippen molar-refractivity contribution in [1.82, 2.24) is 15.0 Å². The van der Waals surface area contributed by atoms with Crippen molar-refractivity contribution in [3.63, 3.8) is 0 Å². The summed E-state index contributed by atoms with van der Waals surface area (Å²) < 4.78 is 6.56. The number of benzene rings is 1.